The first-order valence-corrected chi connectivity index (χ1v) is 13.3. The maximum absolute atomic E-state index is 13.4. The molecule has 1 heterocycles. The molecular weight excluding hydrogens is 450 g/mol. The molecule has 2 N–H and O–H groups in total. The number of esters is 1. The zero-order chi connectivity index (χ0) is 25.8. The van der Waals surface area contributed by atoms with Gasteiger partial charge in [0.2, 0.25) is 11.8 Å². The number of alkyl carbamates (subject to hydrolysis) is 1. The quantitative estimate of drug-likeness (QED) is 0.281. The van der Waals surface area contributed by atoms with Crippen molar-refractivity contribution in [1.29, 1.82) is 0 Å². The number of rotatable bonds is 14. The van der Waals surface area contributed by atoms with Crippen molar-refractivity contribution >= 4 is 23.9 Å². The third-order valence-electron chi connectivity index (χ3n) is 6.34. The van der Waals surface area contributed by atoms with E-state index in [1.54, 1.807) is 27.7 Å². The molecule has 0 aromatic heterocycles. The Bertz CT molecular complexity index is 716. The monoisotopic (exact) mass is 495 g/mol. The fraction of sp³-hybridized carbons (Fsp3) is 0.846. The summed E-state index contributed by atoms with van der Waals surface area (Å²) in [5, 5.41) is 5.31. The van der Waals surface area contributed by atoms with E-state index in [0.717, 1.165) is 25.2 Å². The average Bonchev–Trinajstić information content (AvgIpc) is 3.47. The molecule has 1 saturated carbocycles. The molecule has 35 heavy (non-hydrogen) atoms. The summed E-state index contributed by atoms with van der Waals surface area (Å²) in [5.74, 6) is -0.217. The molecule has 1 saturated heterocycles. The summed E-state index contributed by atoms with van der Waals surface area (Å²) in [7, 11) is 0. The van der Waals surface area contributed by atoms with E-state index in [9.17, 15) is 19.2 Å². The van der Waals surface area contributed by atoms with Crippen LogP contribution in [0.3, 0.4) is 0 Å². The van der Waals surface area contributed by atoms with E-state index in [4.69, 9.17) is 9.47 Å². The van der Waals surface area contributed by atoms with Gasteiger partial charge in [0.15, 0.2) is 0 Å². The molecule has 2 fully saturated rings. The highest BCUT2D eigenvalue weighted by Gasteiger charge is 2.38. The van der Waals surface area contributed by atoms with Crippen molar-refractivity contribution in [2.45, 2.75) is 116 Å². The maximum Gasteiger partial charge on any atom is 0.408 e. The van der Waals surface area contributed by atoms with E-state index in [1.807, 2.05) is 0 Å². The van der Waals surface area contributed by atoms with Crippen LogP contribution in [0.4, 0.5) is 4.79 Å². The van der Waals surface area contributed by atoms with Crippen LogP contribution in [0.25, 0.3) is 0 Å². The van der Waals surface area contributed by atoms with Crippen LogP contribution in [-0.2, 0) is 23.9 Å². The SMILES string of the molecule is CCOC(=O)CNC(=O)[C@@H]1CCCN1C(=O)[C@H](CCCCCCCC1CC1)NC(=O)OC(C)(C)C. The van der Waals surface area contributed by atoms with Gasteiger partial charge in [0.1, 0.15) is 24.2 Å². The van der Waals surface area contributed by atoms with E-state index in [2.05, 4.69) is 10.6 Å². The molecule has 2 rings (SSSR count). The Labute approximate surface area is 210 Å². The Balaban J connectivity index is 1.91. The maximum atomic E-state index is 13.4. The van der Waals surface area contributed by atoms with Gasteiger partial charge in [-0.3, -0.25) is 14.4 Å². The van der Waals surface area contributed by atoms with Gasteiger partial charge < -0.3 is 25.0 Å². The normalized spacial score (nSPS) is 18.6. The number of ether oxygens (including phenoxy) is 2. The number of likely N-dealkylation sites (tertiary alicyclic amines) is 1. The first kappa shape index (κ1) is 28.9. The summed E-state index contributed by atoms with van der Waals surface area (Å²) in [4.78, 5) is 51.7. The fourth-order valence-electron chi connectivity index (χ4n) is 4.42. The molecule has 2 atom stereocenters. The second kappa shape index (κ2) is 14.3. The second-order valence-corrected chi connectivity index (χ2v) is 10.7. The molecule has 2 aliphatic rings. The molecular formula is C26H45N3O6. The molecule has 3 amide bonds. The van der Waals surface area contributed by atoms with Crippen molar-refractivity contribution in [1.82, 2.24) is 15.5 Å². The molecule has 0 aromatic rings. The predicted octanol–water partition coefficient (Wildman–Crippen LogP) is 3.69. The molecule has 0 unspecified atom stereocenters. The minimum Gasteiger partial charge on any atom is -0.465 e. The van der Waals surface area contributed by atoms with Crippen molar-refractivity contribution in [3.63, 3.8) is 0 Å². The highest BCUT2D eigenvalue weighted by Crippen LogP contribution is 2.34. The zero-order valence-electron chi connectivity index (χ0n) is 22.0. The molecule has 9 heteroatoms. The first-order valence-electron chi connectivity index (χ1n) is 13.3. The van der Waals surface area contributed by atoms with Gasteiger partial charge in [-0.2, -0.15) is 0 Å². The Kier molecular flexibility index (Phi) is 11.8. The lowest BCUT2D eigenvalue weighted by Crippen LogP contribution is -2.54. The van der Waals surface area contributed by atoms with E-state index < -0.39 is 29.7 Å². The lowest BCUT2D eigenvalue weighted by Gasteiger charge is -2.29. The van der Waals surface area contributed by atoms with Crippen LogP contribution in [0.1, 0.15) is 98.3 Å². The number of hydrogen-bond acceptors (Lipinski definition) is 6. The van der Waals surface area contributed by atoms with Crippen molar-refractivity contribution in [3.8, 4) is 0 Å². The third-order valence-corrected chi connectivity index (χ3v) is 6.34. The fourth-order valence-corrected chi connectivity index (χ4v) is 4.42. The van der Waals surface area contributed by atoms with Crippen molar-refractivity contribution in [2.75, 3.05) is 19.7 Å². The number of carbonyl (C=O) groups is 4. The number of nitrogens with zero attached hydrogens (tertiary/aromatic N) is 1. The van der Waals surface area contributed by atoms with Crippen LogP contribution in [0.2, 0.25) is 0 Å². The van der Waals surface area contributed by atoms with Gasteiger partial charge in [0.25, 0.3) is 0 Å². The lowest BCUT2D eigenvalue weighted by molar-refractivity contribution is -0.144. The Morgan fingerprint density at radius 1 is 1.00 bits per heavy atom. The Morgan fingerprint density at radius 2 is 1.69 bits per heavy atom. The van der Waals surface area contributed by atoms with Crippen LogP contribution in [-0.4, -0.2) is 66.2 Å². The number of carbonyl (C=O) groups excluding carboxylic acids is 4. The van der Waals surface area contributed by atoms with Crippen molar-refractivity contribution in [3.05, 3.63) is 0 Å². The highest BCUT2D eigenvalue weighted by molar-refractivity contribution is 5.92. The highest BCUT2D eigenvalue weighted by atomic mass is 16.6. The van der Waals surface area contributed by atoms with Gasteiger partial charge in [-0.25, -0.2) is 4.79 Å². The summed E-state index contributed by atoms with van der Waals surface area (Å²) in [5.41, 5.74) is -0.678. The molecule has 0 bridgehead atoms. The zero-order valence-corrected chi connectivity index (χ0v) is 22.0. The lowest BCUT2D eigenvalue weighted by atomic mass is 10.0. The minimum absolute atomic E-state index is 0.231. The summed E-state index contributed by atoms with van der Waals surface area (Å²) >= 11 is 0. The van der Waals surface area contributed by atoms with Crippen LogP contribution in [0.15, 0.2) is 0 Å². The van der Waals surface area contributed by atoms with Gasteiger partial charge >= 0.3 is 12.1 Å². The minimum atomic E-state index is -0.755. The van der Waals surface area contributed by atoms with E-state index in [-0.39, 0.29) is 25.0 Å². The van der Waals surface area contributed by atoms with E-state index in [0.29, 0.717) is 25.8 Å². The smallest absolute Gasteiger partial charge is 0.408 e. The van der Waals surface area contributed by atoms with E-state index in [1.165, 1.54) is 37.0 Å². The molecule has 0 spiro atoms. The number of amides is 3. The number of nitrogens with one attached hydrogen (secondary N) is 2. The molecule has 1 aliphatic heterocycles. The van der Waals surface area contributed by atoms with Gasteiger partial charge in [-0.05, 0) is 52.9 Å². The summed E-state index contributed by atoms with van der Waals surface area (Å²) in [6, 6.07) is -1.42. The van der Waals surface area contributed by atoms with E-state index >= 15 is 0 Å². The molecule has 0 aromatic carbocycles. The van der Waals surface area contributed by atoms with Gasteiger partial charge in [-0.1, -0.05) is 51.4 Å². The number of hydrogen-bond donors (Lipinski definition) is 2. The number of unbranched alkanes of at least 4 members (excludes halogenated alkanes) is 4. The second-order valence-electron chi connectivity index (χ2n) is 10.7. The Morgan fingerprint density at radius 3 is 2.34 bits per heavy atom. The summed E-state index contributed by atoms with van der Waals surface area (Å²) in [6.45, 7) is 7.46. The van der Waals surface area contributed by atoms with Crippen molar-refractivity contribution in [2.24, 2.45) is 5.92 Å². The molecule has 1 aliphatic carbocycles. The molecule has 9 nitrogen and oxygen atoms in total. The average molecular weight is 496 g/mol. The van der Waals surface area contributed by atoms with Crippen molar-refractivity contribution < 1.29 is 28.7 Å². The Hall–Kier alpha value is -2.32. The van der Waals surface area contributed by atoms with Crippen LogP contribution in [0.5, 0.6) is 0 Å². The van der Waals surface area contributed by atoms with Gasteiger partial charge in [-0.15, -0.1) is 0 Å². The third kappa shape index (κ3) is 11.3. The molecule has 200 valence electrons. The molecule has 0 radical (unpaired) electrons. The predicted molar refractivity (Wildman–Crippen MR) is 133 cm³/mol. The topological polar surface area (TPSA) is 114 Å². The summed E-state index contributed by atoms with van der Waals surface area (Å²) in [6.07, 6.45) is 10.5. The van der Waals surface area contributed by atoms with Crippen LogP contribution < -0.4 is 10.6 Å². The van der Waals surface area contributed by atoms with Gasteiger partial charge in [0.05, 0.1) is 6.61 Å². The summed E-state index contributed by atoms with van der Waals surface area (Å²) < 4.78 is 10.2. The van der Waals surface area contributed by atoms with Crippen LogP contribution in [0, 0.1) is 5.92 Å². The van der Waals surface area contributed by atoms with Crippen LogP contribution >= 0.6 is 0 Å². The van der Waals surface area contributed by atoms with Gasteiger partial charge in [0, 0.05) is 6.54 Å². The largest absolute Gasteiger partial charge is 0.465 e. The standard InChI is InChI=1S/C26H45N3O6/c1-5-34-22(30)18-27-23(31)21-14-11-17-29(21)24(32)20(28-25(33)35-26(2,3)4)13-10-8-6-7-9-12-19-15-16-19/h19-21H,5-18H2,1-4H3,(H,27,31)(H,28,33)/t20-,21-/m0/s1. The first-order chi connectivity index (χ1) is 16.6.